The van der Waals surface area contributed by atoms with Crippen LogP contribution >= 0.6 is 0 Å². The zero-order valence-corrected chi connectivity index (χ0v) is 10.0. The van der Waals surface area contributed by atoms with Gasteiger partial charge in [-0.25, -0.2) is 0 Å². The molecule has 3 unspecified atom stereocenters. The molecule has 0 aromatic heterocycles. The maximum Gasteiger partial charge on any atom is 0.0704 e. The van der Waals surface area contributed by atoms with Gasteiger partial charge >= 0.3 is 0 Å². The molecule has 1 aliphatic rings. The number of nitrogens with one attached hydrogen (secondary N) is 1. The minimum atomic E-state index is 0.462. The predicted molar refractivity (Wildman–Crippen MR) is 60.4 cm³/mol. The summed E-state index contributed by atoms with van der Waals surface area (Å²) < 4.78 is 5.74. The summed E-state index contributed by atoms with van der Waals surface area (Å²) in [6.45, 7) is 11.2. The first-order valence-electron chi connectivity index (χ1n) is 5.95. The van der Waals surface area contributed by atoms with Crippen molar-refractivity contribution in [2.45, 2.75) is 52.7 Å². The Morgan fingerprint density at radius 1 is 1.29 bits per heavy atom. The van der Waals surface area contributed by atoms with Crippen molar-refractivity contribution in [1.82, 2.24) is 5.32 Å². The van der Waals surface area contributed by atoms with E-state index in [1.807, 2.05) is 0 Å². The van der Waals surface area contributed by atoms with Crippen molar-refractivity contribution >= 4 is 0 Å². The molecule has 0 spiro atoms. The second kappa shape index (κ2) is 5.72. The Kier molecular flexibility index (Phi) is 4.90. The molecule has 0 amide bonds. The highest BCUT2D eigenvalue weighted by Gasteiger charge is 2.21. The second-order valence-corrected chi connectivity index (χ2v) is 5.03. The fourth-order valence-corrected chi connectivity index (χ4v) is 1.74. The molecular formula is C12H25NO. The summed E-state index contributed by atoms with van der Waals surface area (Å²) in [5.74, 6) is 1.53. The van der Waals surface area contributed by atoms with Crippen molar-refractivity contribution in [3.05, 3.63) is 0 Å². The predicted octanol–water partition coefficient (Wildman–Crippen LogP) is 2.44. The minimum absolute atomic E-state index is 0.462. The SMILES string of the molecule is CC1CCC(CNCC(C)C(C)C)O1. The standard InChI is InChI=1S/C12H25NO/c1-9(2)10(3)7-13-8-12-6-5-11(4)14-12/h9-13H,5-8H2,1-4H3. The first-order valence-corrected chi connectivity index (χ1v) is 5.95. The number of hydrogen-bond donors (Lipinski definition) is 1. The maximum atomic E-state index is 5.74. The van der Waals surface area contributed by atoms with E-state index in [2.05, 4.69) is 33.0 Å². The monoisotopic (exact) mass is 199 g/mol. The first kappa shape index (κ1) is 12.0. The highest BCUT2D eigenvalue weighted by molar-refractivity contribution is 4.73. The van der Waals surface area contributed by atoms with Crippen LogP contribution in [0.5, 0.6) is 0 Å². The molecule has 2 heteroatoms. The van der Waals surface area contributed by atoms with Crippen molar-refractivity contribution in [2.75, 3.05) is 13.1 Å². The Labute approximate surface area is 88.4 Å². The normalized spacial score (nSPS) is 29.8. The highest BCUT2D eigenvalue weighted by atomic mass is 16.5. The lowest BCUT2D eigenvalue weighted by atomic mass is 9.98. The van der Waals surface area contributed by atoms with Crippen LogP contribution in [0.25, 0.3) is 0 Å². The van der Waals surface area contributed by atoms with Crippen LogP contribution in [-0.2, 0) is 4.74 Å². The molecule has 0 aliphatic carbocycles. The third kappa shape index (κ3) is 3.97. The Balaban J connectivity index is 2.04. The summed E-state index contributed by atoms with van der Waals surface area (Å²) in [6.07, 6.45) is 3.39. The van der Waals surface area contributed by atoms with Crippen LogP contribution in [0.15, 0.2) is 0 Å². The summed E-state index contributed by atoms with van der Waals surface area (Å²) in [5.41, 5.74) is 0. The molecule has 0 aromatic rings. The van der Waals surface area contributed by atoms with Gasteiger partial charge in [-0.1, -0.05) is 20.8 Å². The lowest BCUT2D eigenvalue weighted by Crippen LogP contribution is -2.31. The van der Waals surface area contributed by atoms with Crippen molar-refractivity contribution < 1.29 is 4.74 Å². The number of ether oxygens (including phenoxy) is 1. The third-order valence-electron chi connectivity index (χ3n) is 3.30. The van der Waals surface area contributed by atoms with E-state index in [9.17, 15) is 0 Å². The van der Waals surface area contributed by atoms with Gasteiger partial charge in [0.1, 0.15) is 0 Å². The number of hydrogen-bond acceptors (Lipinski definition) is 2. The van der Waals surface area contributed by atoms with Crippen molar-refractivity contribution in [1.29, 1.82) is 0 Å². The van der Waals surface area contributed by atoms with Gasteiger partial charge in [-0.2, -0.15) is 0 Å². The van der Waals surface area contributed by atoms with E-state index in [0.29, 0.717) is 12.2 Å². The lowest BCUT2D eigenvalue weighted by Gasteiger charge is -2.18. The van der Waals surface area contributed by atoms with E-state index >= 15 is 0 Å². The molecule has 0 saturated carbocycles. The molecule has 3 atom stereocenters. The van der Waals surface area contributed by atoms with Gasteiger partial charge in [0, 0.05) is 6.54 Å². The minimum Gasteiger partial charge on any atom is -0.374 e. The smallest absolute Gasteiger partial charge is 0.0704 e. The fourth-order valence-electron chi connectivity index (χ4n) is 1.74. The van der Waals surface area contributed by atoms with E-state index in [1.54, 1.807) is 0 Å². The molecule has 1 rings (SSSR count). The lowest BCUT2D eigenvalue weighted by molar-refractivity contribution is 0.0553. The molecule has 14 heavy (non-hydrogen) atoms. The van der Waals surface area contributed by atoms with E-state index in [1.165, 1.54) is 12.8 Å². The van der Waals surface area contributed by atoms with Crippen molar-refractivity contribution in [3.63, 3.8) is 0 Å². The van der Waals surface area contributed by atoms with Crippen LogP contribution in [-0.4, -0.2) is 25.3 Å². The van der Waals surface area contributed by atoms with Crippen LogP contribution in [0.2, 0.25) is 0 Å². The number of rotatable bonds is 5. The largest absolute Gasteiger partial charge is 0.374 e. The third-order valence-corrected chi connectivity index (χ3v) is 3.30. The topological polar surface area (TPSA) is 21.3 Å². The zero-order chi connectivity index (χ0) is 10.6. The van der Waals surface area contributed by atoms with Crippen molar-refractivity contribution in [3.8, 4) is 0 Å². The molecule has 1 saturated heterocycles. The molecule has 2 nitrogen and oxygen atoms in total. The Bertz CT molecular complexity index is 158. The molecule has 1 heterocycles. The second-order valence-electron chi connectivity index (χ2n) is 5.03. The van der Waals surface area contributed by atoms with E-state index in [4.69, 9.17) is 4.74 Å². The summed E-state index contributed by atoms with van der Waals surface area (Å²) in [4.78, 5) is 0. The van der Waals surface area contributed by atoms with E-state index in [0.717, 1.165) is 24.9 Å². The molecule has 1 N–H and O–H groups in total. The van der Waals surface area contributed by atoms with Crippen LogP contribution in [0, 0.1) is 11.8 Å². The van der Waals surface area contributed by atoms with Crippen LogP contribution in [0.4, 0.5) is 0 Å². The summed E-state index contributed by atoms with van der Waals surface area (Å²) >= 11 is 0. The zero-order valence-electron chi connectivity index (χ0n) is 10.0. The molecule has 0 bridgehead atoms. The van der Waals surface area contributed by atoms with Crippen LogP contribution < -0.4 is 5.32 Å². The average molecular weight is 199 g/mol. The van der Waals surface area contributed by atoms with Gasteiger partial charge in [-0.05, 0) is 38.1 Å². The molecule has 1 fully saturated rings. The molecule has 0 aromatic carbocycles. The van der Waals surface area contributed by atoms with Gasteiger partial charge in [-0.3, -0.25) is 0 Å². The molecule has 84 valence electrons. The van der Waals surface area contributed by atoms with Gasteiger partial charge in [0.25, 0.3) is 0 Å². The summed E-state index contributed by atoms with van der Waals surface area (Å²) in [7, 11) is 0. The Morgan fingerprint density at radius 3 is 2.50 bits per heavy atom. The van der Waals surface area contributed by atoms with Gasteiger partial charge in [0.15, 0.2) is 0 Å². The fraction of sp³-hybridized carbons (Fsp3) is 1.00. The van der Waals surface area contributed by atoms with Gasteiger partial charge in [0.05, 0.1) is 12.2 Å². The van der Waals surface area contributed by atoms with Gasteiger partial charge in [-0.15, -0.1) is 0 Å². The molecular weight excluding hydrogens is 174 g/mol. The molecule has 1 aliphatic heterocycles. The Morgan fingerprint density at radius 2 is 2.00 bits per heavy atom. The summed E-state index contributed by atoms with van der Waals surface area (Å²) in [6, 6.07) is 0. The summed E-state index contributed by atoms with van der Waals surface area (Å²) in [5, 5.41) is 3.50. The quantitative estimate of drug-likeness (QED) is 0.734. The average Bonchev–Trinajstić information content (AvgIpc) is 2.51. The van der Waals surface area contributed by atoms with Crippen LogP contribution in [0.3, 0.4) is 0 Å². The van der Waals surface area contributed by atoms with E-state index < -0.39 is 0 Å². The van der Waals surface area contributed by atoms with Gasteiger partial charge in [0.2, 0.25) is 0 Å². The first-order chi connectivity index (χ1) is 6.59. The van der Waals surface area contributed by atoms with Crippen molar-refractivity contribution in [2.24, 2.45) is 11.8 Å². The highest BCUT2D eigenvalue weighted by Crippen LogP contribution is 2.18. The maximum absolute atomic E-state index is 5.74. The van der Waals surface area contributed by atoms with Gasteiger partial charge < -0.3 is 10.1 Å². The van der Waals surface area contributed by atoms with Crippen LogP contribution in [0.1, 0.15) is 40.5 Å². The molecule has 0 radical (unpaired) electrons. The Hall–Kier alpha value is -0.0800. The van der Waals surface area contributed by atoms with E-state index in [-0.39, 0.29) is 0 Å².